The third-order valence-corrected chi connectivity index (χ3v) is 3.13. The lowest BCUT2D eigenvalue weighted by atomic mass is 10.1. The maximum absolute atomic E-state index is 6.01. The summed E-state index contributed by atoms with van der Waals surface area (Å²) in [6, 6.07) is 4.28. The van der Waals surface area contributed by atoms with Crippen molar-refractivity contribution in [2.45, 2.75) is 47.1 Å². The first kappa shape index (κ1) is 16.0. The van der Waals surface area contributed by atoms with Crippen LogP contribution in [-0.2, 0) is 0 Å². The van der Waals surface area contributed by atoms with Crippen LogP contribution in [0, 0.1) is 11.8 Å². The van der Waals surface area contributed by atoms with E-state index in [0.29, 0.717) is 11.8 Å². The predicted molar refractivity (Wildman–Crippen MR) is 83.3 cm³/mol. The largest absolute Gasteiger partial charge is 0.370 e. The van der Waals surface area contributed by atoms with Crippen LogP contribution < -0.4 is 10.6 Å². The van der Waals surface area contributed by atoms with E-state index in [0.717, 1.165) is 25.2 Å². The summed E-state index contributed by atoms with van der Waals surface area (Å²) in [6.07, 6.45) is 2.89. The Kier molecular flexibility index (Phi) is 6.29. The SMILES string of the molecule is CC[C@@H](N)c1ccc(N(CC(C)C)CC(C)C)cn1. The number of anilines is 1. The molecule has 1 aromatic rings. The Morgan fingerprint density at radius 2 is 1.68 bits per heavy atom. The molecule has 0 saturated carbocycles. The van der Waals surface area contributed by atoms with Gasteiger partial charge in [-0.25, -0.2) is 0 Å². The molecule has 1 atom stereocenters. The van der Waals surface area contributed by atoms with Crippen LogP contribution in [0.2, 0.25) is 0 Å². The van der Waals surface area contributed by atoms with E-state index in [2.05, 4.69) is 56.6 Å². The fourth-order valence-electron chi connectivity index (χ4n) is 2.18. The maximum atomic E-state index is 6.01. The highest BCUT2D eigenvalue weighted by molar-refractivity contribution is 5.45. The van der Waals surface area contributed by atoms with Gasteiger partial charge in [0.1, 0.15) is 0 Å². The third kappa shape index (κ3) is 5.19. The lowest BCUT2D eigenvalue weighted by molar-refractivity contribution is 0.552. The highest BCUT2D eigenvalue weighted by Crippen LogP contribution is 2.19. The van der Waals surface area contributed by atoms with E-state index in [4.69, 9.17) is 5.73 Å². The average Bonchev–Trinajstić information content (AvgIpc) is 2.36. The lowest BCUT2D eigenvalue weighted by Crippen LogP contribution is -2.31. The zero-order valence-electron chi connectivity index (χ0n) is 13.1. The Balaban J connectivity index is 2.84. The summed E-state index contributed by atoms with van der Waals surface area (Å²) in [5, 5.41) is 0. The molecule has 0 saturated heterocycles. The average molecular weight is 263 g/mol. The van der Waals surface area contributed by atoms with Crippen LogP contribution in [0.1, 0.15) is 52.8 Å². The number of nitrogens with two attached hydrogens (primary N) is 1. The maximum Gasteiger partial charge on any atom is 0.0572 e. The molecule has 1 rings (SSSR count). The van der Waals surface area contributed by atoms with Crippen molar-refractivity contribution in [1.82, 2.24) is 4.98 Å². The second-order valence-electron chi connectivity index (χ2n) is 6.15. The molecule has 0 radical (unpaired) electrons. The Morgan fingerprint density at radius 1 is 1.11 bits per heavy atom. The van der Waals surface area contributed by atoms with Gasteiger partial charge in [-0.3, -0.25) is 4.98 Å². The minimum Gasteiger partial charge on any atom is -0.370 e. The third-order valence-electron chi connectivity index (χ3n) is 3.13. The monoisotopic (exact) mass is 263 g/mol. The fraction of sp³-hybridized carbons (Fsp3) is 0.688. The molecule has 0 fully saturated rings. The van der Waals surface area contributed by atoms with Gasteiger partial charge in [-0.1, -0.05) is 34.6 Å². The standard InChI is InChI=1S/C16H29N3/c1-6-15(17)16-8-7-14(9-18-16)19(10-12(2)3)11-13(4)5/h7-9,12-13,15H,6,10-11,17H2,1-5H3/t15-/m1/s1. The summed E-state index contributed by atoms with van der Waals surface area (Å²) in [5.74, 6) is 1.30. The summed E-state index contributed by atoms with van der Waals surface area (Å²) in [6.45, 7) is 13.2. The van der Waals surface area contributed by atoms with Crippen molar-refractivity contribution in [2.75, 3.05) is 18.0 Å². The van der Waals surface area contributed by atoms with Gasteiger partial charge >= 0.3 is 0 Å². The topological polar surface area (TPSA) is 42.1 Å². The zero-order valence-corrected chi connectivity index (χ0v) is 13.1. The Labute approximate surface area is 118 Å². The molecule has 1 heterocycles. The number of pyridine rings is 1. The first-order chi connectivity index (χ1) is 8.93. The van der Waals surface area contributed by atoms with Crippen molar-refractivity contribution >= 4 is 5.69 Å². The molecule has 0 aliphatic carbocycles. The van der Waals surface area contributed by atoms with Gasteiger partial charge in [0.2, 0.25) is 0 Å². The summed E-state index contributed by atoms with van der Waals surface area (Å²) >= 11 is 0. The second-order valence-corrected chi connectivity index (χ2v) is 6.15. The molecule has 2 N–H and O–H groups in total. The summed E-state index contributed by atoms with van der Waals surface area (Å²) in [5.41, 5.74) is 8.20. The van der Waals surface area contributed by atoms with Gasteiger partial charge in [0.05, 0.1) is 17.6 Å². The molecule has 0 aliphatic rings. The molecule has 3 nitrogen and oxygen atoms in total. The van der Waals surface area contributed by atoms with Gasteiger partial charge in [-0.15, -0.1) is 0 Å². The van der Waals surface area contributed by atoms with E-state index in [1.807, 2.05) is 6.20 Å². The normalized spacial score (nSPS) is 13.1. The number of nitrogens with zero attached hydrogens (tertiary/aromatic N) is 2. The van der Waals surface area contributed by atoms with E-state index in [1.165, 1.54) is 5.69 Å². The van der Waals surface area contributed by atoms with Crippen molar-refractivity contribution in [2.24, 2.45) is 17.6 Å². The smallest absolute Gasteiger partial charge is 0.0572 e. The van der Waals surface area contributed by atoms with Crippen molar-refractivity contribution in [1.29, 1.82) is 0 Å². The van der Waals surface area contributed by atoms with Crippen LogP contribution in [0.25, 0.3) is 0 Å². The van der Waals surface area contributed by atoms with Crippen LogP contribution in [0.15, 0.2) is 18.3 Å². The molecule has 0 amide bonds. The van der Waals surface area contributed by atoms with Crippen molar-refractivity contribution in [3.63, 3.8) is 0 Å². The Morgan fingerprint density at radius 3 is 2.05 bits per heavy atom. The molecule has 0 aliphatic heterocycles. The fourth-order valence-corrected chi connectivity index (χ4v) is 2.18. The molecule has 19 heavy (non-hydrogen) atoms. The molecular formula is C16H29N3. The van der Waals surface area contributed by atoms with Gasteiger partial charge in [0, 0.05) is 19.1 Å². The van der Waals surface area contributed by atoms with Crippen molar-refractivity contribution in [3.05, 3.63) is 24.0 Å². The van der Waals surface area contributed by atoms with Crippen LogP contribution in [0.3, 0.4) is 0 Å². The molecular weight excluding hydrogens is 234 g/mol. The Hall–Kier alpha value is -1.09. The summed E-state index contributed by atoms with van der Waals surface area (Å²) in [4.78, 5) is 6.94. The number of aromatic nitrogens is 1. The quantitative estimate of drug-likeness (QED) is 0.817. The number of rotatable bonds is 7. The molecule has 0 unspecified atom stereocenters. The first-order valence-electron chi connectivity index (χ1n) is 7.40. The Bertz CT molecular complexity index is 347. The molecule has 0 bridgehead atoms. The van der Waals surface area contributed by atoms with E-state index in [1.54, 1.807) is 0 Å². The van der Waals surface area contributed by atoms with Gasteiger partial charge in [-0.05, 0) is 30.4 Å². The van der Waals surface area contributed by atoms with Crippen molar-refractivity contribution in [3.8, 4) is 0 Å². The predicted octanol–water partition coefficient (Wildman–Crippen LogP) is 3.61. The molecule has 1 aromatic heterocycles. The van der Waals surface area contributed by atoms with Crippen molar-refractivity contribution < 1.29 is 0 Å². The van der Waals surface area contributed by atoms with Gasteiger partial charge < -0.3 is 10.6 Å². The van der Waals surface area contributed by atoms with Crippen LogP contribution in [0.4, 0.5) is 5.69 Å². The first-order valence-corrected chi connectivity index (χ1v) is 7.40. The highest BCUT2D eigenvalue weighted by Gasteiger charge is 2.12. The lowest BCUT2D eigenvalue weighted by Gasteiger charge is -2.28. The van der Waals surface area contributed by atoms with E-state index in [-0.39, 0.29) is 6.04 Å². The second kappa shape index (κ2) is 7.49. The minimum absolute atomic E-state index is 0.0534. The summed E-state index contributed by atoms with van der Waals surface area (Å²) in [7, 11) is 0. The molecule has 0 aromatic carbocycles. The van der Waals surface area contributed by atoms with Gasteiger partial charge in [0.25, 0.3) is 0 Å². The van der Waals surface area contributed by atoms with Gasteiger partial charge in [-0.2, -0.15) is 0 Å². The highest BCUT2D eigenvalue weighted by atomic mass is 15.1. The molecule has 3 heteroatoms. The van der Waals surface area contributed by atoms with Crippen LogP contribution >= 0.6 is 0 Å². The number of hydrogen-bond donors (Lipinski definition) is 1. The van der Waals surface area contributed by atoms with E-state index in [9.17, 15) is 0 Å². The molecule has 108 valence electrons. The molecule has 0 spiro atoms. The van der Waals surface area contributed by atoms with E-state index < -0.39 is 0 Å². The van der Waals surface area contributed by atoms with Gasteiger partial charge in [0.15, 0.2) is 0 Å². The van der Waals surface area contributed by atoms with Crippen LogP contribution in [0.5, 0.6) is 0 Å². The summed E-state index contributed by atoms with van der Waals surface area (Å²) < 4.78 is 0. The van der Waals surface area contributed by atoms with Crippen LogP contribution in [-0.4, -0.2) is 18.1 Å². The van der Waals surface area contributed by atoms with E-state index >= 15 is 0 Å². The zero-order chi connectivity index (χ0) is 14.4. The number of hydrogen-bond acceptors (Lipinski definition) is 3. The minimum atomic E-state index is 0.0534.